The number of fused-ring (bicyclic) bond motifs is 3. The number of carbonyl (C=O) groups excluding carboxylic acids is 1. The second-order valence-corrected chi connectivity index (χ2v) is 12.6. The van der Waals surface area contributed by atoms with Gasteiger partial charge in [0.2, 0.25) is 5.82 Å². The second-order valence-electron chi connectivity index (χ2n) is 10.7. The van der Waals surface area contributed by atoms with Crippen LogP contribution in [-0.4, -0.2) is 77.4 Å². The van der Waals surface area contributed by atoms with Gasteiger partial charge in [-0.3, -0.25) is 14.9 Å². The Kier molecular flexibility index (Phi) is 6.53. The number of aromatic amines is 1. The number of hydrogen-bond acceptors (Lipinski definition) is 10. The molecule has 6 rings (SSSR count). The van der Waals surface area contributed by atoms with E-state index in [1.807, 2.05) is 17.9 Å². The first-order valence-corrected chi connectivity index (χ1v) is 15.3. The van der Waals surface area contributed by atoms with Crippen molar-refractivity contribution >= 4 is 27.2 Å². The van der Waals surface area contributed by atoms with Crippen molar-refractivity contribution in [2.75, 3.05) is 12.0 Å². The Morgan fingerprint density at radius 1 is 1.20 bits per heavy atom. The number of amides is 1. The minimum Gasteiger partial charge on any atom is -0.387 e. The fourth-order valence-corrected chi connectivity index (χ4v) is 7.28. The summed E-state index contributed by atoms with van der Waals surface area (Å²) in [6, 6.07) is 3.45. The lowest BCUT2D eigenvalue weighted by Gasteiger charge is -2.38. The molecular weight excluding hydrogens is 534 g/mol. The summed E-state index contributed by atoms with van der Waals surface area (Å²) in [5.41, 5.74) is 9.26. The highest BCUT2D eigenvalue weighted by molar-refractivity contribution is 7.91. The number of sulfone groups is 1. The molecule has 0 radical (unpaired) electrons. The van der Waals surface area contributed by atoms with Crippen LogP contribution < -0.4 is 5.73 Å². The van der Waals surface area contributed by atoms with Gasteiger partial charge in [0.25, 0.3) is 5.91 Å². The lowest BCUT2D eigenvalue weighted by molar-refractivity contribution is 0.0556. The quantitative estimate of drug-likeness (QED) is 0.300. The van der Waals surface area contributed by atoms with Crippen molar-refractivity contribution < 1.29 is 18.3 Å². The Morgan fingerprint density at radius 2 is 1.95 bits per heavy atom. The molecule has 2 saturated heterocycles. The van der Waals surface area contributed by atoms with Crippen LogP contribution in [0.4, 0.5) is 5.82 Å². The Balaban J connectivity index is 1.40. The van der Waals surface area contributed by atoms with E-state index in [2.05, 4.69) is 25.3 Å². The number of nitrogen functional groups attached to an aromatic ring is 1. The van der Waals surface area contributed by atoms with Crippen molar-refractivity contribution in [1.29, 1.82) is 0 Å². The van der Waals surface area contributed by atoms with Crippen LogP contribution in [-0.2, 0) is 9.84 Å². The normalized spacial score (nSPS) is 21.7. The van der Waals surface area contributed by atoms with Crippen molar-refractivity contribution in [3.05, 3.63) is 48.1 Å². The van der Waals surface area contributed by atoms with Gasteiger partial charge in [0, 0.05) is 41.6 Å². The average molecular weight is 566 g/mol. The van der Waals surface area contributed by atoms with Crippen molar-refractivity contribution in [2.45, 2.75) is 74.4 Å². The zero-order valence-electron chi connectivity index (χ0n) is 22.2. The molecule has 4 aromatic rings. The highest BCUT2D eigenvalue weighted by atomic mass is 32.2. The number of rotatable bonds is 7. The molecule has 0 saturated carbocycles. The number of aromatic nitrogens is 7. The molecule has 210 valence electrons. The number of nitrogens with one attached hydrogen (secondary N) is 1. The first-order valence-electron chi connectivity index (χ1n) is 13.4. The molecular formula is C26H31N9O4S. The number of hydrogen-bond donors (Lipinski definition) is 3. The summed E-state index contributed by atoms with van der Waals surface area (Å²) in [5.74, 6) is -0.223. The fourth-order valence-electron chi connectivity index (χ4n) is 6.22. The predicted octanol–water partition coefficient (Wildman–Crippen LogP) is 2.28. The lowest BCUT2D eigenvalue weighted by atomic mass is 9.87. The molecule has 4 aromatic heterocycles. The first-order chi connectivity index (χ1) is 19.2. The third-order valence-corrected chi connectivity index (χ3v) is 9.17. The number of nitrogens with zero attached hydrogens (tertiary/aromatic N) is 7. The number of anilines is 1. The molecule has 1 amide bonds. The van der Waals surface area contributed by atoms with Gasteiger partial charge in [-0.1, -0.05) is 19.4 Å². The zero-order valence-corrected chi connectivity index (χ0v) is 23.0. The summed E-state index contributed by atoms with van der Waals surface area (Å²) in [7, 11) is -3.75. The molecule has 0 spiro atoms. The van der Waals surface area contributed by atoms with Crippen molar-refractivity contribution in [2.24, 2.45) is 0 Å². The van der Waals surface area contributed by atoms with E-state index in [0.29, 0.717) is 41.9 Å². The minimum absolute atomic E-state index is 0.00390. The van der Waals surface area contributed by atoms with Gasteiger partial charge in [0.1, 0.15) is 17.0 Å². The summed E-state index contributed by atoms with van der Waals surface area (Å²) in [6.45, 7) is 2.00. The van der Waals surface area contributed by atoms with E-state index in [9.17, 15) is 18.3 Å². The standard InChI is InChI=1S/C26H31N9O4S/c1-3-4-20(36)19-8-5-14(11-28-19)18-12-31-35-23(27)22(40(2,38)39)21(32-25(18)35)15-9-16-6-7-17(10-15)34(16)26(37)24-29-13-30-33-24/h5,8,11-13,15-17,20,36H,3-4,6-7,9-10,27H2,1-2H3,(H,29,30,33). The number of aliphatic hydroxyl groups is 1. The van der Waals surface area contributed by atoms with Gasteiger partial charge < -0.3 is 15.7 Å². The molecule has 4 N–H and O–H groups in total. The van der Waals surface area contributed by atoms with Crippen molar-refractivity contribution in [3.63, 3.8) is 0 Å². The van der Waals surface area contributed by atoms with Gasteiger partial charge in [-0.15, -0.1) is 0 Å². The predicted molar refractivity (Wildman–Crippen MR) is 145 cm³/mol. The lowest BCUT2D eigenvalue weighted by Crippen LogP contribution is -2.46. The monoisotopic (exact) mass is 565 g/mol. The van der Waals surface area contributed by atoms with Gasteiger partial charge in [-0.25, -0.2) is 18.4 Å². The zero-order chi connectivity index (χ0) is 28.2. The molecule has 6 heterocycles. The SMILES string of the molecule is CCCC(O)c1ccc(-c2cnn3c(N)c(S(C)(=O)=O)c(C4CC5CCC(C4)N5C(=O)c4ncn[nH]4)nc23)cn1. The third kappa shape index (κ3) is 4.40. The third-order valence-electron chi connectivity index (χ3n) is 8.01. The molecule has 2 aliphatic rings. The Morgan fingerprint density at radius 3 is 2.55 bits per heavy atom. The summed E-state index contributed by atoms with van der Waals surface area (Å²) >= 11 is 0. The number of carbonyl (C=O) groups is 1. The fraction of sp³-hybridized carbons (Fsp3) is 0.462. The van der Waals surface area contributed by atoms with E-state index in [1.54, 1.807) is 18.5 Å². The maximum absolute atomic E-state index is 13.1. The Hall–Kier alpha value is -3.91. The van der Waals surface area contributed by atoms with Crippen LogP contribution in [0, 0.1) is 0 Å². The van der Waals surface area contributed by atoms with Gasteiger partial charge >= 0.3 is 0 Å². The van der Waals surface area contributed by atoms with Crippen molar-refractivity contribution in [1.82, 2.24) is 39.7 Å². The smallest absolute Gasteiger partial charge is 0.291 e. The first kappa shape index (κ1) is 26.3. The van der Waals surface area contributed by atoms with Crippen LogP contribution in [0.25, 0.3) is 16.8 Å². The molecule has 2 fully saturated rings. The molecule has 2 aliphatic heterocycles. The van der Waals surface area contributed by atoms with E-state index in [-0.39, 0.29) is 40.4 Å². The topological polar surface area (TPSA) is 185 Å². The number of aliphatic hydroxyl groups excluding tert-OH is 1. The summed E-state index contributed by atoms with van der Waals surface area (Å²) < 4.78 is 27.4. The molecule has 40 heavy (non-hydrogen) atoms. The summed E-state index contributed by atoms with van der Waals surface area (Å²) in [5, 5.41) is 21.1. The molecule has 2 bridgehead atoms. The average Bonchev–Trinajstić information content (AvgIpc) is 3.66. The molecule has 0 aromatic carbocycles. The van der Waals surface area contributed by atoms with Crippen LogP contribution in [0.1, 0.15) is 79.5 Å². The maximum Gasteiger partial charge on any atom is 0.291 e. The van der Waals surface area contributed by atoms with Crippen LogP contribution >= 0.6 is 0 Å². The van der Waals surface area contributed by atoms with Gasteiger partial charge in [-0.2, -0.15) is 14.7 Å². The van der Waals surface area contributed by atoms with Crippen LogP contribution in [0.15, 0.2) is 35.7 Å². The van der Waals surface area contributed by atoms with E-state index < -0.39 is 15.9 Å². The van der Waals surface area contributed by atoms with Crippen molar-refractivity contribution in [3.8, 4) is 11.1 Å². The summed E-state index contributed by atoms with van der Waals surface area (Å²) in [6.07, 6.45) is 9.22. The van der Waals surface area contributed by atoms with E-state index in [0.717, 1.165) is 31.1 Å². The molecule has 14 heteroatoms. The maximum atomic E-state index is 13.1. The van der Waals surface area contributed by atoms with E-state index in [1.165, 1.54) is 10.8 Å². The Labute approximate surface area is 230 Å². The number of piperidine rings is 1. The van der Waals surface area contributed by atoms with Crippen LogP contribution in [0.3, 0.4) is 0 Å². The molecule has 3 unspecified atom stereocenters. The molecule has 13 nitrogen and oxygen atoms in total. The molecule has 3 atom stereocenters. The van der Waals surface area contributed by atoms with E-state index >= 15 is 0 Å². The van der Waals surface area contributed by atoms with Crippen LogP contribution in [0.5, 0.6) is 0 Å². The highest BCUT2D eigenvalue weighted by Gasteiger charge is 2.46. The minimum atomic E-state index is -3.75. The largest absolute Gasteiger partial charge is 0.387 e. The van der Waals surface area contributed by atoms with E-state index in [4.69, 9.17) is 10.7 Å². The van der Waals surface area contributed by atoms with Crippen LogP contribution in [0.2, 0.25) is 0 Å². The highest BCUT2D eigenvalue weighted by Crippen LogP contribution is 2.45. The summed E-state index contributed by atoms with van der Waals surface area (Å²) in [4.78, 5) is 28.3. The molecule has 0 aliphatic carbocycles. The number of pyridine rings is 1. The number of nitrogens with two attached hydrogens (primary N) is 1. The van der Waals surface area contributed by atoms with Gasteiger partial charge in [0.05, 0.1) is 23.7 Å². The Bertz CT molecular complexity index is 1650. The van der Waals surface area contributed by atoms with Gasteiger partial charge in [0.15, 0.2) is 15.5 Å². The second kappa shape index (κ2) is 9.93. The van der Waals surface area contributed by atoms with Gasteiger partial charge in [-0.05, 0) is 38.2 Å². The number of H-pyrrole nitrogens is 1.